The number of carbonyl (C=O) groups excluding carboxylic acids is 2. The maximum absolute atomic E-state index is 13.0. The van der Waals surface area contributed by atoms with Crippen LogP contribution in [0.25, 0.3) is 11.1 Å². The first kappa shape index (κ1) is 24.8. The largest absolute Gasteiger partial charge is 0.480 e. The molecule has 2 aromatic rings. The van der Waals surface area contributed by atoms with Gasteiger partial charge < -0.3 is 20.1 Å². The van der Waals surface area contributed by atoms with Gasteiger partial charge in [-0.05, 0) is 34.6 Å². The zero-order chi connectivity index (χ0) is 24.7. The summed E-state index contributed by atoms with van der Waals surface area (Å²) in [6.07, 6.45) is 5.74. The highest BCUT2D eigenvalue weighted by Crippen LogP contribution is 2.44. The first-order chi connectivity index (χ1) is 16.3. The molecule has 3 rings (SSSR count). The molecule has 2 unspecified atom stereocenters. The number of ether oxygens (including phenoxy) is 1. The maximum atomic E-state index is 13.0. The molecule has 0 bridgehead atoms. The lowest BCUT2D eigenvalue weighted by Gasteiger charge is -2.27. The second-order valence-corrected chi connectivity index (χ2v) is 8.56. The van der Waals surface area contributed by atoms with Gasteiger partial charge in [-0.3, -0.25) is 9.59 Å². The van der Waals surface area contributed by atoms with Crippen molar-refractivity contribution in [3.8, 4) is 23.5 Å². The summed E-state index contributed by atoms with van der Waals surface area (Å²) in [4.78, 5) is 38.0. The van der Waals surface area contributed by atoms with Gasteiger partial charge in [0.1, 0.15) is 19.2 Å². The van der Waals surface area contributed by atoms with E-state index in [4.69, 9.17) is 16.3 Å². The van der Waals surface area contributed by atoms with Crippen molar-refractivity contribution >= 4 is 18.0 Å². The number of fused-ring (bicyclic) bond motifs is 3. The predicted octanol–water partition coefficient (Wildman–Crippen LogP) is 3.88. The van der Waals surface area contributed by atoms with Crippen molar-refractivity contribution in [3.05, 3.63) is 59.7 Å². The van der Waals surface area contributed by atoms with E-state index in [1.807, 2.05) is 50.2 Å². The Hall–Kier alpha value is -3.79. The third kappa shape index (κ3) is 5.76. The van der Waals surface area contributed by atoms with Crippen molar-refractivity contribution in [2.75, 3.05) is 19.7 Å². The minimum Gasteiger partial charge on any atom is -0.480 e. The van der Waals surface area contributed by atoms with E-state index in [9.17, 15) is 14.4 Å². The van der Waals surface area contributed by atoms with Crippen LogP contribution in [0.1, 0.15) is 43.7 Å². The summed E-state index contributed by atoms with van der Waals surface area (Å²) in [5, 5.41) is 11.8. The highest BCUT2D eigenvalue weighted by Gasteiger charge is 2.31. The van der Waals surface area contributed by atoms with Gasteiger partial charge >= 0.3 is 12.1 Å². The van der Waals surface area contributed by atoms with Gasteiger partial charge in [-0.25, -0.2) is 4.79 Å². The fourth-order valence-electron chi connectivity index (χ4n) is 4.28. The van der Waals surface area contributed by atoms with Crippen molar-refractivity contribution in [1.82, 2.24) is 10.2 Å². The molecule has 0 radical (unpaired) electrons. The Balaban J connectivity index is 1.72. The lowest BCUT2D eigenvalue weighted by atomic mass is 9.98. The summed E-state index contributed by atoms with van der Waals surface area (Å²) in [6, 6.07) is 15.1. The molecule has 178 valence electrons. The molecule has 0 aliphatic heterocycles. The molecule has 0 spiro atoms. The first-order valence-corrected chi connectivity index (χ1v) is 11.4. The Morgan fingerprint density at radius 1 is 1.12 bits per heavy atom. The van der Waals surface area contributed by atoms with Crippen molar-refractivity contribution in [3.63, 3.8) is 0 Å². The number of carboxylic acids is 1. The Bertz CT molecular complexity index is 1040. The molecule has 0 saturated carbocycles. The van der Waals surface area contributed by atoms with E-state index >= 15 is 0 Å². The monoisotopic (exact) mass is 462 g/mol. The molecule has 0 fully saturated rings. The number of amides is 2. The second kappa shape index (κ2) is 11.4. The highest BCUT2D eigenvalue weighted by atomic mass is 16.5. The number of nitrogens with one attached hydrogen (secondary N) is 1. The van der Waals surface area contributed by atoms with Gasteiger partial charge in [0.25, 0.3) is 0 Å². The quantitative estimate of drug-likeness (QED) is 0.523. The second-order valence-electron chi connectivity index (χ2n) is 8.56. The summed E-state index contributed by atoms with van der Waals surface area (Å²) in [5.74, 6) is 0.622. The van der Waals surface area contributed by atoms with E-state index < -0.39 is 30.6 Å². The Morgan fingerprint density at radius 3 is 2.24 bits per heavy atom. The lowest BCUT2D eigenvalue weighted by Crippen LogP contribution is -2.50. The standard InChI is InChI=1S/C27H30N2O5/c1-4-14-29(16-25(30)31)26(32)24(15-18(3)5-2)28-27(33)34-17-23-21-12-8-6-10-19(21)20-11-7-9-13-22(20)23/h1,6-13,18,23-24H,5,14-17H2,2-3H3,(H,28,33)(H,30,31). The third-order valence-corrected chi connectivity index (χ3v) is 6.19. The number of carboxylic acid groups (broad SMARTS) is 1. The number of carbonyl (C=O) groups is 3. The van der Waals surface area contributed by atoms with Gasteiger partial charge in [0.2, 0.25) is 5.91 Å². The summed E-state index contributed by atoms with van der Waals surface area (Å²) in [7, 11) is 0. The number of terminal acetylenes is 1. The lowest BCUT2D eigenvalue weighted by molar-refractivity contribution is -0.144. The molecule has 34 heavy (non-hydrogen) atoms. The number of nitrogens with zero attached hydrogens (tertiary/aromatic N) is 1. The average Bonchev–Trinajstić information content (AvgIpc) is 3.15. The van der Waals surface area contributed by atoms with Crippen LogP contribution in [0.2, 0.25) is 0 Å². The van der Waals surface area contributed by atoms with Crippen molar-refractivity contribution in [2.45, 2.75) is 38.6 Å². The molecular weight excluding hydrogens is 432 g/mol. The summed E-state index contributed by atoms with van der Waals surface area (Å²) < 4.78 is 5.58. The molecule has 2 aromatic carbocycles. The molecule has 0 aromatic heterocycles. The van der Waals surface area contributed by atoms with E-state index in [2.05, 4.69) is 23.4 Å². The predicted molar refractivity (Wildman–Crippen MR) is 129 cm³/mol. The maximum Gasteiger partial charge on any atom is 0.407 e. The van der Waals surface area contributed by atoms with Gasteiger partial charge in [0.05, 0.1) is 6.54 Å². The van der Waals surface area contributed by atoms with Crippen LogP contribution in [0.5, 0.6) is 0 Å². The van der Waals surface area contributed by atoms with E-state index in [-0.39, 0.29) is 25.0 Å². The Kier molecular flexibility index (Phi) is 8.31. The molecule has 2 atom stereocenters. The van der Waals surface area contributed by atoms with Gasteiger partial charge in [-0.2, -0.15) is 0 Å². The molecule has 1 aliphatic rings. The molecule has 0 saturated heterocycles. The normalized spacial score (nSPS) is 13.7. The van der Waals surface area contributed by atoms with Crippen LogP contribution in [0, 0.1) is 18.3 Å². The SMILES string of the molecule is C#CCN(CC(=O)O)C(=O)C(CC(C)CC)NC(=O)OCC1c2ccccc2-c2ccccc21. The molecular formula is C27H30N2O5. The zero-order valence-corrected chi connectivity index (χ0v) is 19.5. The van der Waals surface area contributed by atoms with Gasteiger partial charge in [0.15, 0.2) is 0 Å². The van der Waals surface area contributed by atoms with Crippen LogP contribution in [-0.2, 0) is 14.3 Å². The first-order valence-electron chi connectivity index (χ1n) is 11.4. The fourth-order valence-corrected chi connectivity index (χ4v) is 4.28. The number of hydrogen-bond donors (Lipinski definition) is 2. The summed E-state index contributed by atoms with van der Waals surface area (Å²) in [5.41, 5.74) is 4.42. The van der Waals surface area contributed by atoms with Gasteiger partial charge in [0, 0.05) is 5.92 Å². The van der Waals surface area contributed by atoms with Gasteiger partial charge in [-0.15, -0.1) is 6.42 Å². The molecule has 2 N–H and O–H groups in total. The van der Waals surface area contributed by atoms with Crippen LogP contribution in [-0.4, -0.2) is 53.7 Å². The Morgan fingerprint density at radius 2 is 1.71 bits per heavy atom. The summed E-state index contributed by atoms with van der Waals surface area (Å²) >= 11 is 0. The molecule has 1 aliphatic carbocycles. The van der Waals surface area contributed by atoms with Crippen LogP contribution in [0.15, 0.2) is 48.5 Å². The Labute approximate surface area is 200 Å². The van der Waals surface area contributed by atoms with Crippen LogP contribution >= 0.6 is 0 Å². The molecule has 7 nitrogen and oxygen atoms in total. The van der Waals surface area contributed by atoms with E-state index in [1.165, 1.54) is 0 Å². The topological polar surface area (TPSA) is 95.9 Å². The van der Waals surface area contributed by atoms with Crippen LogP contribution in [0.4, 0.5) is 4.79 Å². The number of alkyl carbamates (subject to hydrolysis) is 1. The fraction of sp³-hybridized carbons (Fsp3) is 0.370. The molecule has 2 amide bonds. The van der Waals surface area contributed by atoms with Crippen molar-refractivity contribution < 1.29 is 24.2 Å². The third-order valence-electron chi connectivity index (χ3n) is 6.19. The number of aliphatic carboxylic acids is 1. The van der Waals surface area contributed by atoms with Crippen LogP contribution in [0.3, 0.4) is 0 Å². The minimum atomic E-state index is -1.17. The average molecular weight is 463 g/mol. The number of hydrogen-bond acceptors (Lipinski definition) is 4. The van der Waals surface area contributed by atoms with Crippen molar-refractivity contribution in [1.29, 1.82) is 0 Å². The van der Waals surface area contributed by atoms with Crippen molar-refractivity contribution in [2.24, 2.45) is 5.92 Å². The smallest absolute Gasteiger partial charge is 0.407 e. The van der Waals surface area contributed by atoms with E-state index in [0.29, 0.717) is 6.42 Å². The van der Waals surface area contributed by atoms with Gasteiger partial charge in [-0.1, -0.05) is 74.7 Å². The highest BCUT2D eigenvalue weighted by molar-refractivity contribution is 5.88. The number of rotatable bonds is 10. The minimum absolute atomic E-state index is 0.105. The van der Waals surface area contributed by atoms with E-state index in [1.54, 1.807) is 0 Å². The molecule has 7 heteroatoms. The molecule has 0 heterocycles. The van der Waals surface area contributed by atoms with Crippen LogP contribution < -0.4 is 5.32 Å². The zero-order valence-electron chi connectivity index (χ0n) is 19.5. The van der Waals surface area contributed by atoms with E-state index in [0.717, 1.165) is 33.6 Å². The summed E-state index contributed by atoms with van der Waals surface area (Å²) in [6.45, 7) is 3.37. The number of benzene rings is 2.